The van der Waals surface area contributed by atoms with Crippen LogP contribution < -0.4 is 14.8 Å². The largest absolute Gasteiger partial charge is 0.493 e. The molecule has 2 rings (SSSR count). The van der Waals surface area contributed by atoms with E-state index in [-0.39, 0.29) is 0 Å². The molecule has 0 aliphatic heterocycles. The topological polar surface area (TPSA) is 30.5 Å². The SMILES string of the molecule is CCCC(NCc1ccc(OC)c(OCC)c1)c1ccccc1. The van der Waals surface area contributed by atoms with Crippen molar-refractivity contribution < 1.29 is 9.47 Å². The summed E-state index contributed by atoms with van der Waals surface area (Å²) in [5.74, 6) is 1.59. The molecule has 2 aromatic rings. The fourth-order valence-electron chi connectivity index (χ4n) is 2.70. The fourth-order valence-corrected chi connectivity index (χ4v) is 2.70. The summed E-state index contributed by atoms with van der Waals surface area (Å²) in [6, 6.07) is 17.1. The Morgan fingerprint density at radius 3 is 2.43 bits per heavy atom. The zero-order valence-electron chi connectivity index (χ0n) is 14.3. The highest BCUT2D eigenvalue weighted by atomic mass is 16.5. The number of ether oxygens (including phenoxy) is 2. The molecule has 1 atom stereocenters. The zero-order chi connectivity index (χ0) is 16.5. The first-order valence-electron chi connectivity index (χ1n) is 8.36. The number of nitrogens with one attached hydrogen (secondary N) is 1. The van der Waals surface area contributed by atoms with Gasteiger partial charge in [0, 0.05) is 12.6 Å². The lowest BCUT2D eigenvalue weighted by atomic mass is 10.0. The summed E-state index contributed by atoms with van der Waals surface area (Å²) < 4.78 is 11.0. The van der Waals surface area contributed by atoms with E-state index in [0.717, 1.165) is 30.9 Å². The van der Waals surface area contributed by atoms with Crippen LogP contribution in [0.15, 0.2) is 48.5 Å². The van der Waals surface area contributed by atoms with Crippen molar-refractivity contribution in [2.24, 2.45) is 0 Å². The molecular formula is C20H27NO2. The Bertz CT molecular complexity index is 583. The predicted octanol–water partition coefficient (Wildman–Crippen LogP) is 4.72. The lowest BCUT2D eigenvalue weighted by Gasteiger charge is -2.19. The van der Waals surface area contributed by atoms with Crippen LogP contribution in [0.1, 0.15) is 43.9 Å². The van der Waals surface area contributed by atoms with E-state index in [1.807, 2.05) is 13.0 Å². The molecule has 3 nitrogen and oxygen atoms in total. The minimum atomic E-state index is 0.374. The first-order valence-corrected chi connectivity index (χ1v) is 8.36. The lowest BCUT2D eigenvalue weighted by Crippen LogP contribution is -2.20. The molecule has 0 heterocycles. The van der Waals surface area contributed by atoms with Crippen molar-refractivity contribution >= 4 is 0 Å². The van der Waals surface area contributed by atoms with Crippen LogP contribution >= 0.6 is 0 Å². The van der Waals surface area contributed by atoms with E-state index in [9.17, 15) is 0 Å². The lowest BCUT2D eigenvalue weighted by molar-refractivity contribution is 0.310. The molecule has 1 N–H and O–H groups in total. The highest BCUT2D eigenvalue weighted by molar-refractivity contribution is 5.43. The molecule has 0 aromatic heterocycles. The molecule has 2 aromatic carbocycles. The monoisotopic (exact) mass is 313 g/mol. The van der Waals surface area contributed by atoms with Gasteiger partial charge in [-0.1, -0.05) is 49.7 Å². The molecule has 0 aliphatic carbocycles. The second-order valence-electron chi connectivity index (χ2n) is 5.55. The molecule has 124 valence electrons. The van der Waals surface area contributed by atoms with Crippen LogP contribution in [-0.4, -0.2) is 13.7 Å². The zero-order valence-corrected chi connectivity index (χ0v) is 14.3. The molecule has 0 saturated heterocycles. The Hall–Kier alpha value is -2.00. The summed E-state index contributed by atoms with van der Waals surface area (Å²) in [4.78, 5) is 0. The summed E-state index contributed by atoms with van der Waals surface area (Å²) in [6.07, 6.45) is 2.28. The first kappa shape index (κ1) is 17.4. The number of hydrogen-bond donors (Lipinski definition) is 1. The summed E-state index contributed by atoms with van der Waals surface area (Å²) >= 11 is 0. The molecule has 23 heavy (non-hydrogen) atoms. The van der Waals surface area contributed by atoms with Gasteiger partial charge in [-0.3, -0.25) is 0 Å². The normalized spacial score (nSPS) is 12.0. The standard InChI is InChI=1S/C20H27NO2/c1-4-9-18(17-10-7-6-8-11-17)21-15-16-12-13-19(22-3)20(14-16)23-5-2/h6-8,10-14,18,21H,4-5,9,15H2,1-3H3. The molecule has 0 saturated carbocycles. The molecule has 0 radical (unpaired) electrons. The minimum Gasteiger partial charge on any atom is -0.493 e. The number of hydrogen-bond acceptors (Lipinski definition) is 3. The maximum atomic E-state index is 5.65. The van der Waals surface area contributed by atoms with Crippen molar-refractivity contribution in [1.82, 2.24) is 5.32 Å². The van der Waals surface area contributed by atoms with Gasteiger partial charge in [-0.15, -0.1) is 0 Å². The molecule has 0 spiro atoms. The number of rotatable bonds is 9. The van der Waals surface area contributed by atoms with E-state index < -0.39 is 0 Å². The maximum Gasteiger partial charge on any atom is 0.161 e. The van der Waals surface area contributed by atoms with Crippen LogP contribution in [0.25, 0.3) is 0 Å². The first-order chi connectivity index (χ1) is 11.3. The highest BCUT2D eigenvalue weighted by Crippen LogP contribution is 2.28. The predicted molar refractivity (Wildman–Crippen MR) is 95.1 cm³/mol. The van der Waals surface area contributed by atoms with Crippen LogP contribution in [0, 0.1) is 0 Å². The molecular weight excluding hydrogens is 286 g/mol. The second-order valence-corrected chi connectivity index (χ2v) is 5.55. The van der Waals surface area contributed by atoms with Crippen molar-refractivity contribution in [2.75, 3.05) is 13.7 Å². The van der Waals surface area contributed by atoms with Crippen molar-refractivity contribution in [3.05, 3.63) is 59.7 Å². The van der Waals surface area contributed by atoms with Gasteiger partial charge in [0.2, 0.25) is 0 Å². The van der Waals surface area contributed by atoms with Crippen LogP contribution in [-0.2, 0) is 6.54 Å². The van der Waals surface area contributed by atoms with Gasteiger partial charge in [-0.25, -0.2) is 0 Å². The van der Waals surface area contributed by atoms with Crippen molar-refractivity contribution in [1.29, 1.82) is 0 Å². The van der Waals surface area contributed by atoms with Crippen LogP contribution in [0.5, 0.6) is 11.5 Å². The Kier molecular flexibility index (Phi) is 6.95. The molecule has 0 amide bonds. The summed E-state index contributed by atoms with van der Waals surface area (Å²) in [7, 11) is 1.67. The van der Waals surface area contributed by atoms with Gasteiger partial charge in [0.1, 0.15) is 0 Å². The average molecular weight is 313 g/mol. The quantitative estimate of drug-likeness (QED) is 0.726. The van der Waals surface area contributed by atoms with Gasteiger partial charge in [0.25, 0.3) is 0 Å². The number of methoxy groups -OCH3 is 1. The van der Waals surface area contributed by atoms with Crippen molar-refractivity contribution in [3.63, 3.8) is 0 Å². The van der Waals surface area contributed by atoms with Crippen LogP contribution in [0.4, 0.5) is 0 Å². The third-order valence-electron chi connectivity index (χ3n) is 3.86. The van der Waals surface area contributed by atoms with E-state index in [1.165, 1.54) is 11.1 Å². The smallest absolute Gasteiger partial charge is 0.161 e. The van der Waals surface area contributed by atoms with E-state index in [2.05, 4.69) is 54.7 Å². The Morgan fingerprint density at radius 1 is 1.00 bits per heavy atom. The van der Waals surface area contributed by atoms with E-state index in [0.29, 0.717) is 12.6 Å². The van der Waals surface area contributed by atoms with Gasteiger partial charge in [-0.05, 0) is 36.6 Å². The second kappa shape index (κ2) is 9.21. The maximum absolute atomic E-state index is 5.65. The van der Waals surface area contributed by atoms with Gasteiger partial charge in [0.05, 0.1) is 13.7 Å². The highest BCUT2D eigenvalue weighted by Gasteiger charge is 2.11. The summed E-state index contributed by atoms with van der Waals surface area (Å²) in [5.41, 5.74) is 2.54. The van der Waals surface area contributed by atoms with E-state index in [4.69, 9.17) is 9.47 Å². The van der Waals surface area contributed by atoms with Gasteiger partial charge in [-0.2, -0.15) is 0 Å². The van der Waals surface area contributed by atoms with Crippen LogP contribution in [0.3, 0.4) is 0 Å². The van der Waals surface area contributed by atoms with Crippen LogP contribution in [0.2, 0.25) is 0 Å². The third kappa shape index (κ3) is 5.00. The average Bonchev–Trinajstić information content (AvgIpc) is 2.60. The molecule has 0 bridgehead atoms. The molecule has 3 heteroatoms. The molecule has 1 unspecified atom stereocenters. The van der Waals surface area contributed by atoms with Gasteiger partial charge in [0.15, 0.2) is 11.5 Å². The Morgan fingerprint density at radius 2 is 1.78 bits per heavy atom. The third-order valence-corrected chi connectivity index (χ3v) is 3.86. The van der Waals surface area contributed by atoms with Crippen molar-refractivity contribution in [3.8, 4) is 11.5 Å². The fraction of sp³-hybridized carbons (Fsp3) is 0.400. The van der Waals surface area contributed by atoms with E-state index in [1.54, 1.807) is 7.11 Å². The summed E-state index contributed by atoms with van der Waals surface area (Å²) in [5, 5.41) is 3.66. The molecule has 0 aliphatic rings. The summed E-state index contributed by atoms with van der Waals surface area (Å²) in [6.45, 7) is 5.65. The van der Waals surface area contributed by atoms with Gasteiger partial charge < -0.3 is 14.8 Å². The minimum absolute atomic E-state index is 0.374. The Labute approximate surface area is 139 Å². The van der Waals surface area contributed by atoms with E-state index >= 15 is 0 Å². The molecule has 0 fully saturated rings. The van der Waals surface area contributed by atoms with Crippen molar-refractivity contribution in [2.45, 2.75) is 39.3 Å². The van der Waals surface area contributed by atoms with Gasteiger partial charge >= 0.3 is 0 Å². The number of benzene rings is 2. The Balaban J connectivity index is 2.07.